The van der Waals surface area contributed by atoms with E-state index in [-0.39, 0.29) is 5.91 Å². The highest BCUT2D eigenvalue weighted by molar-refractivity contribution is 5.78. The van der Waals surface area contributed by atoms with Crippen LogP contribution in [0.3, 0.4) is 0 Å². The molecule has 0 bridgehead atoms. The molecule has 0 aromatic heterocycles. The van der Waals surface area contributed by atoms with Gasteiger partial charge in [0, 0.05) is 13.1 Å². The molecule has 0 saturated carbocycles. The molecule has 2 rings (SSSR count). The Morgan fingerprint density at radius 2 is 2.05 bits per heavy atom. The molecule has 1 saturated heterocycles. The van der Waals surface area contributed by atoms with Crippen LogP contribution in [0.15, 0.2) is 30.3 Å². The minimum absolute atomic E-state index is 0.126. The highest BCUT2D eigenvalue weighted by Crippen LogP contribution is 2.07. The van der Waals surface area contributed by atoms with Crippen molar-refractivity contribution >= 4 is 5.91 Å². The summed E-state index contributed by atoms with van der Waals surface area (Å²) in [4.78, 5) is 14.2. The summed E-state index contributed by atoms with van der Waals surface area (Å²) in [5.41, 5.74) is 1.08. The van der Waals surface area contributed by atoms with Crippen molar-refractivity contribution in [3.8, 4) is 0 Å². The Hall–Kier alpha value is -1.35. The first kappa shape index (κ1) is 14.1. The first-order valence-corrected chi connectivity index (χ1v) is 7.19. The van der Waals surface area contributed by atoms with Gasteiger partial charge in [0.15, 0.2) is 0 Å². The summed E-state index contributed by atoms with van der Waals surface area (Å²) in [6, 6.07) is 9.88. The van der Waals surface area contributed by atoms with Crippen LogP contribution in [-0.2, 0) is 11.2 Å². The van der Waals surface area contributed by atoms with E-state index >= 15 is 0 Å². The monoisotopic (exact) mass is 259 g/mol. The van der Waals surface area contributed by atoms with Crippen molar-refractivity contribution in [3.05, 3.63) is 42.3 Å². The molecule has 0 unspecified atom stereocenters. The number of carbonyl (C=O) groups excluding carboxylic acids is 1. The first-order chi connectivity index (χ1) is 9.34. The zero-order valence-electron chi connectivity index (χ0n) is 11.5. The Labute approximate surface area is 116 Å². The van der Waals surface area contributed by atoms with Gasteiger partial charge in [-0.05, 0) is 44.3 Å². The molecular formula is C16H23N2O. The number of carbonyl (C=O) groups is 1. The van der Waals surface area contributed by atoms with Crippen LogP contribution in [-0.4, -0.2) is 37.0 Å². The summed E-state index contributed by atoms with van der Waals surface area (Å²) in [5.74, 6) is 0.126. The van der Waals surface area contributed by atoms with Crippen LogP contribution in [0.5, 0.6) is 0 Å². The van der Waals surface area contributed by atoms with Gasteiger partial charge in [-0.25, -0.2) is 0 Å². The molecule has 1 N–H and O–H groups in total. The number of rotatable bonds is 7. The van der Waals surface area contributed by atoms with Crippen LogP contribution in [0.2, 0.25) is 0 Å². The molecular weight excluding hydrogens is 236 g/mol. The van der Waals surface area contributed by atoms with E-state index in [1.807, 2.05) is 30.3 Å². The van der Waals surface area contributed by atoms with Gasteiger partial charge in [-0.15, -0.1) is 0 Å². The van der Waals surface area contributed by atoms with Crippen molar-refractivity contribution in [1.82, 2.24) is 10.2 Å². The average Bonchev–Trinajstić information content (AvgIpc) is 2.92. The van der Waals surface area contributed by atoms with Crippen molar-refractivity contribution in [2.45, 2.75) is 25.7 Å². The number of benzene rings is 1. The summed E-state index contributed by atoms with van der Waals surface area (Å²) in [5, 5.41) is 2.99. The Kier molecular flexibility index (Phi) is 5.89. The third-order valence-corrected chi connectivity index (χ3v) is 3.47. The molecule has 1 aromatic carbocycles. The van der Waals surface area contributed by atoms with Gasteiger partial charge in [0.2, 0.25) is 5.91 Å². The van der Waals surface area contributed by atoms with Crippen LogP contribution in [0.4, 0.5) is 0 Å². The van der Waals surface area contributed by atoms with Crippen LogP contribution in [0.25, 0.3) is 0 Å². The fraction of sp³-hybridized carbons (Fsp3) is 0.500. The zero-order chi connectivity index (χ0) is 13.3. The zero-order valence-corrected chi connectivity index (χ0v) is 11.5. The van der Waals surface area contributed by atoms with E-state index < -0.39 is 0 Å². The molecule has 0 atom stereocenters. The third-order valence-electron chi connectivity index (χ3n) is 3.47. The van der Waals surface area contributed by atoms with E-state index in [2.05, 4.69) is 16.6 Å². The van der Waals surface area contributed by atoms with Crippen molar-refractivity contribution in [1.29, 1.82) is 0 Å². The number of hydrogen-bond donors (Lipinski definition) is 1. The molecule has 103 valence electrons. The van der Waals surface area contributed by atoms with Gasteiger partial charge in [0.1, 0.15) is 0 Å². The van der Waals surface area contributed by atoms with Crippen LogP contribution in [0, 0.1) is 6.42 Å². The standard InChI is InChI=1S/C16H23N2O/c19-16(14-15-8-2-1-3-9-15)17-10-4-5-11-18-12-6-7-13-18/h1-3,6,8-9H,4-5,7,10-14H2,(H,17,19). The topological polar surface area (TPSA) is 32.3 Å². The fourth-order valence-corrected chi connectivity index (χ4v) is 2.37. The lowest BCUT2D eigenvalue weighted by Gasteiger charge is -2.13. The number of hydrogen-bond acceptors (Lipinski definition) is 2. The smallest absolute Gasteiger partial charge is 0.224 e. The molecule has 0 spiro atoms. The minimum Gasteiger partial charge on any atom is -0.356 e. The second-order valence-corrected chi connectivity index (χ2v) is 5.10. The molecule has 1 fully saturated rings. The number of unbranched alkanes of at least 4 members (excludes halogenated alkanes) is 1. The maximum absolute atomic E-state index is 11.7. The predicted molar refractivity (Wildman–Crippen MR) is 77.7 cm³/mol. The number of likely N-dealkylation sites (tertiary alicyclic amines) is 1. The summed E-state index contributed by atoms with van der Waals surface area (Å²) in [7, 11) is 0. The Morgan fingerprint density at radius 1 is 1.21 bits per heavy atom. The van der Waals surface area contributed by atoms with E-state index in [1.54, 1.807) is 0 Å². The largest absolute Gasteiger partial charge is 0.356 e. The number of nitrogens with zero attached hydrogens (tertiary/aromatic N) is 1. The first-order valence-electron chi connectivity index (χ1n) is 7.19. The van der Waals surface area contributed by atoms with Crippen molar-refractivity contribution < 1.29 is 4.79 Å². The molecule has 0 aliphatic carbocycles. The molecule has 3 heteroatoms. The van der Waals surface area contributed by atoms with E-state index in [1.165, 1.54) is 19.4 Å². The third kappa shape index (κ3) is 5.43. The highest BCUT2D eigenvalue weighted by Gasteiger charge is 2.10. The molecule has 1 heterocycles. The molecule has 3 nitrogen and oxygen atoms in total. The molecule has 1 aliphatic heterocycles. The van der Waals surface area contributed by atoms with Gasteiger partial charge >= 0.3 is 0 Å². The highest BCUT2D eigenvalue weighted by atomic mass is 16.1. The van der Waals surface area contributed by atoms with Gasteiger partial charge in [-0.1, -0.05) is 30.3 Å². The lowest BCUT2D eigenvalue weighted by molar-refractivity contribution is -0.120. The fourth-order valence-electron chi connectivity index (χ4n) is 2.37. The lowest BCUT2D eigenvalue weighted by Crippen LogP contribution is -2.27. The number of amides is 1. The van der Waals surface area contributed by atoms with E-state index in [0.29, 0.717) is 6.42 Å². The normalized spacial score (nSPS) is 15.6. The summed E-state index contributed by atoms with van der Waals surface area (Å²) in [6.45, 7) is 4.30. The van der Waals surface area contributed by atoms with Crippen LogP contribution < -0.4 is 5.32 Å². The van der Waals surface area contributed by atoms with Crippen LogP contribution >= 0.6 is 0 Å². The Morgan fingerprint density at radius 3 is 2.79 bits per heavy atom. The minimum atomic E-state index is 0.126. The van der Waals surface area contributed by atoms with Gasteiger partial charge < -0.3 is 10.2 Å². The Bertz CT molecular complexity index is 372. The van der Waals surface area contributed by atoms with E-state index in [9.17, 15) is 4.79 Å². The van der Waals surface area contributed by atoms with Crippen LogP contribution in [0.1, 0.15) is 24.8 Å². The van der Waals surface area contributed by atoms with Gasteiger partial charge in [-0.3, -0.25) is 4.79 Å². The van der Waals surface area contributed by atoms with E-state index in [0.717, 1.165) is 31.6 Å². The maximum Gasteiger partial charge on any atom is 0.224 e. The molecule has 1 amide bonds. The molecule has 1 aliphatic rings. The number of nitrogens with one attached hydrogen (secondary N) is 1. The summed E-state index contributed by atoms with van der Waals surface area (Å²) in [6.07, 6.45) is 6.29. The van der Waals surface area contributed by atoms with Crippen molar-refractivity contribution in [2.24, 2.45) is 0 Å². The average molecular weight is 259 g/mol. The van der Waals surface area contributed by atoms with Gasteiger partial charge in [-0.2, -0.15) is 0 Å². The van der Waals surface area contributed by atoms with Gasteiger partial charge in [0.05, 0.1) is 6.42 Å². The SMILES string of the molecule is O=C(Cc1ccccc1)NCCCCN1C[CH]CC1. The summed E-state index contributed by atoms with van der Waals surface area (Å²) >= 11 is 0. The molecule has 1 radical (unpaired) electrons. The van der Waals surface area contributed by atoms with Crippen molar-refractivity contribution in [3.63, 3.8) is 0 Å². The van der Waals surface area contributed by atoms with E-state index in [4.69, 9.17) is 0 Å². The predicted octanol–water partition coefficient (Wildman–Crippen LogP) is 2.04. The maximum atomic E-state index is 11.7. The quantitative estimate of drug-likeness (QED) is 0.760. The lowest BCUT2D eigenvalue weighted by atomic mass is 10.1. The summed E-state index contributed by atoms with van der Waals surface area (Å²) < 4.78 is 0. The second-order valence-electron chi connectivity index (χ2n) is 5.10. The second kappa shape index (κ2) is 7.95. The van der Waals surface area contributed by atoms with Crippen molar-refractivity contribution in [2.75, 3.05) is 26.2 Å². The molecule has 1 aromatic rings. The van der Waals surface area contributed by atoms with Gasteiger partial charge in [0.25, 0.3) is 0 Å². The Balaban J connectivity index is 1.51. The molecule has 19 heavy (non-hydrogen) atoms.